The van der Waals surface area contributed by atoms with Crippen LogP contribution in [0.15, 0.2) is 36.4 Å². The van der Waals surface area contributed by atoms with E-state index >= 15 is 0 Å². The summed E-state index contributed by atoms with van der Waals surface area (Å²) >= 11 is 1.73. The van der Waals surface area contributed by atoms with Gasteiger partial charge in [0.1, 0.15) is 0 Å². The molecule has 0 radical (unpaired) electrons. The molecule has 86 valence electrons. The molecule has 0 unspecified atom stereocenters. The molecular formula is C14H14N2S. The maximum Gasteiger partial charge on any atom is 0.183 e. The third kappa shape index (κ3) is 1.87. The molecule has 1 N–H and O–H groups in total. The Labute approximate surface area is 104 Å². The number of benzene rings is 2. The lowest BCUT2D eigenvalue weighted by Gasteiger charge is -1.97. The highest BCUT2D eigenvalue weighted by molar-refractivity contribution is 7.22. The van der Waals surface area contributed by atoms with Crippen LogP contribution >= 0.6 is 11.3 Å². The lowest BCUT2D eigenvalue weighted by molar-refractivity contribution is 0.977. The fourth-order valence-electron chi connectivity index (χ4n) is 1.97. The smallest absolute Gasteiger partial charge is 0.183 e. The van der Waals surface area contributed by atoms with Gasteiger partial charge >= 0.3 is 0 Å². The lowest BCUT2D eigenvalue weighted by Crippen LogP contribution is -1.98. The molecule has 2 nitrogen and oxygen atoms in total. The molecular weight excluding hydrogens is 228 g/mol. The van der Waals surface area contributed by atoms with Gasteiger partial charge in [0, 0.05) is 11.9 Å². The average Bonchev–Trinajstić information content (AvgIpc) is 2.79. The van der Waals surface area contributed by atoms with E-state index in [4.69, 9.17) is 0 Å². The van der Waals surface area contributed by atoms with Crippen molar-refractivity contribution in [1.29, 1.82) is 0 Å². The Balaban J connectivity index is 2.17. The predicted molar refractivity (Wildman–Crippen MR) is 75.9 cm³/mol. The lowest BCUT2D eigenvalue weighted by atomic mass is 10.1. The Morgan fingerprint density at radius 1 is 1.18 bits per heavy atom. The molecule has 0 bridgehead atoms. The van der Waals surface area contributed by atoms with Gasteiger partial charge in [-0.25, -0.2) is 4.98 Å². The summed E-state index contributed by atoms with van der Waals surface area (Å²) in [4.78, 5) is 4.69. The molecule has 3 heteroatoms. The quantitative estimate of drug-likeness (QED) is 0.741. The van der Waals surface area contributed by atoms with E-state index in [1.807, 2.05) is 0 Å². The molecule has 17 heavy (non-hydrogen) atoms. The van der Waals surface area contributed by atoms with Gasteiger partial charge in [0.25, 0.3) is 0 Å². The molecule has 3 aromatic rings. The molecule has 0 saturated heterocycles. The van der Waals surface area contributed by atoms with Crippen molar-refractivity contribution in [2.75, 3.05) is 11.9 Å². The van der Waals surface area contributed by atoms with E-state index in [0.29, 0.717) is 0 Å². The van der Waals surface area contributed by atoms with Crippen molar-refractivity contribution in [3.05, 3.63) is 36.4 Å². The number of rotatable bonds is 3. The fraction of sp³-hybridized carbons (Fsp3) is 0.214. The fourth-order valence-corrected chi connectivity index (χ4v) is 2.88. The normalized spacial score (nSPS) is 11.1. The van der Waals surface area contributed by atoms with Gasteiger partial charge in [0.2, 0.25) is 0 Å². The van der Waals surface area contributed by atoms with Crippen molar-refractivity contribution in [1.82, 2.24) is 4.98 Å². The first-order valence-electron chi connectivity index (χ1n) is 5.90. The zero-order valence-electron chi connectivity index (χ0n) is 9.73. The maximum absolute atomic E-state index is 4.69. The van der Waals surface area contributed by atoms with Gasteiger partial charge in [-0.2, -0.15) is 0 Å². The molecule has 0 aliphatic rings. The van der Waals surface area contributed by atoms with E-state index in [9.17, 15) is 0 Å². The van der Waals surface area contributed by atoms with Gasteiger partial charge in [-0.05, 0) is 17.9 Å². The second-order valence-electron chi connectivity index (χ2n) is 4.08. The summed E-state index contributed by atoms with van der Waals surface area (Å²) in [6.45, 7) is 3.15. The largest absolute Gasteiger partial charge is 0.361 e. The maximum atomic E-state index is 4.69. The number of thiazole rings is 1. The van der Waals surface area contributed by atoms with Crippen LogP contribution in [-0.4, -0.2) is 11.5 Å². The van der Waals surface area contributed by atoms with E-state index in [1.54, 1.807) is 11.3 Å². The number of hydrogen-bond donors (Lipinski definition) is 1. The zero-order valence-corrected chi connectivity index (χ0v) is 10.6. The molecule has 0 spiro atoms. The molecule has 0 atom stereocenters. The Bertz CT molecular complexity index is 657. The summed E-state index contributed by atoms with van der Waals surface area (Å²) in [6.07, 6.45) is 1.12. The number of hydrogen-bond acceptors (Lipinski definition) is 3. The molecule has 1 aromatic heterocycles. The van der Waals surface area contributed by atoms with Crippen molar-refractivity contribution >= 4 is 37.5 Å². The Morgan fingerprint density at radius 2 is 2.06 bits per heavy atom. The molecule has 0 saturated carbocycles. The average molecular weight is 242 g/mol. The standard InChI is InChI=1S/C14H14N2S/c1-2-9-15-14-16-13-11-6-4-3-5-10(11)7-8-12(13)17-14/h3-8H,2,9H2,1H3,(H,15,16). The zero-order chi connectivity index (χ0) is 11.7. The van der Waals surface area contributed by atoms with Crippen molar-refractivity contribution in [3.63, 3.8) is 0 Å². The first kappa shape index (κ1) is 10.5. The summed E-state index contributed by atoms with van der Waals surface area (Å²) in [5.74, 6) is 0. The molecule has 0 amide bonds. The third-order valence-electron chi connectivity index (χ3n) is 2.81. The van der Waals surface area contributed by atoms with Crippen molar-refractivity contribution in [3.8, 4) is 0 Å². The van der Waals surface area contributed by atoms with Crippen LogP contribution in [0.5, 0.6) is 0 Å². The second-order valence-corrected chi connectivity index (χ2v) is 5.11. The van der Waals surface area contributed by atoms with Crippen LogP contribution in [0.25, 0.3) is 21.0 Å². The van der Waals surface area contributed by atoms with E-state index < -0.39 is 0 Å². The summed E-state index contributed by atoms with van der Waals surface area (Å²) < 4.78 is 1.25. The predicted octanol–water partition coefficient (Wildman–Crippen LogP) is 4.27. The van der Waals surface area contributed by atoms with Crippen LogP contribution in [0.1, 0.15) is 13.3 Å². The summed E-state index contributed by atoms with van der Waals surface area (Å²) in [5, 5.41) is 6.88. The first-order chi connectivity index (χ1) is 8.38. The molecule has 1 heterocycles. The van der Waals surface area contributed by atoms with Crippen LogP contribution in [0, 0.1) is 0 Å². The van der Waals surface area contributed by atoms with Crippen LogP contribution in [0.4, 0.5) is 5.13 Å². The highest BCUT2D eigenvalue weighted by Gasteiger charge is 2.06. The minimum absolute atomic E-state index is 0.984. The number of anilines is 1. The SMILES string of the molecule is CCCNc1nc2c(ccc3ccccc32)s1. The van der Waals surface area contributed by atoms with Gasteiger partial charge in [0.15, 0.2) is 5.13 Å². The van der Waals surface area contributed by atoms with Crippen LogP contribution in [0.2, 0.25) is 0 Å². The highest BCUT2D eigenvalue weighted by Crippen LogP contribution is 2.31. The monoisotopic (exact) mass is 242 g/mol. The Hall–Kier alpha value is -1.61. The molecule has 0 fully saturated rings. The topological polar surface area (TPSA) is 24.9 Å². The Kier molecular flexibility index (Phi) is 2.69. The summed E-state index contributed by atoms with van der Waals surface area (Å²) in [5.41, 5.74) is 1.12. The molecule has 0 aliphatic heterocycles. The minimum Gasteiger partial charge on any atom is -0.361 e. The molecule has 0 aliphatic carbocycles. The van der Waals surface area contributed by atoms with E-state index in [2.05, 4.69) is 53.6 Å². The first-order valence-corrected chi connectivity index (χ1v) is 6.72. The van der Waals surface area contributed by atoms with Crippen molar-refractivity contribution < 1.29 is 0 Å². The van der Waals surface area contributed by atoms with Gasteiger partial charge in [0.05, 0.1) is 10.2 Å². The number of aromatic nitrogens is 1. The van der Waals surface area contributed by atoms with Crippen LogP contribution in [0.3, 0.4) is 0 Å². The number of fused-ring (bicyclic) bond motifs is 3. The van der Waals surface area contributed by atoms with Crippen LogP contribution < -0.4 is 5.32 Å². The second kappa shape index (κ2) is 4.34. The highest BCUT2D eigenvalue weighted by atomic mass is 32.1. The van der Waals surface area contributed by atoms with Gasteiger partial charge in [-0.15, -0.1) is 0 Å². The minimum atomic E-state index is 0.984. The summed E-state index contributed by atoms with van der Waals surface area (Å²) in [7, 11) is 0. The summed E-state index contributed by atoms with van der Waals surface area (Å²) in [6, 6.07) is 12.7. The van der Waals surface area contributed by atoms with Crippen molar-refractivity contribution in [2.24, 2.45) is 0 Å². The van der Waals surface area contributed by atoms with E-state index in [-0.39, 0.29) is 0 Å². The van der Waals surface area contributed by atoms with Gasteiger partial charge in [-0.1, -0.05) is 48.6 Å². The van der Waals surface area contributed by atoms with E-state index in [0.717, 1.165) is 23.6 Å². The molecule has 2 aromatic carbocycles. The van der Waals surface area contributed by atoms with E-state index in [1.165, 1.54) is 15.5 Å². The number of nitrogens with one attached hydrogen (secondary N) is 1. The van der Waals surface area contributed by atoms with Gasteiger partial charge < -0.3 is 5.32 Å². The third-order valence-corrected chi connectivity index (χ3v) is 3.79. The van der Waals surface area contributed by atoms with Crippen molar-refractivity contribution in [2.45, 2.75) is 13.3 Å². The number of nitrogens with zero attached hydrogens (tertiary/aromatic N) is 1. The Morgan fingerprint density at radius 3 is 2.94 bits per heavy atom. The molecule has 3 rings (SSSR count). The van der Waals surface area contributed by atoms with Gasteiger partial charge in [-0.3, -0.25) is 0 Å². The van der Waals surface area contributed by atoms with Crippen LogP contribution in [-0.2, 0) is 0 Å².